The minimum absolute atomic E-state index is 0.690. The van der Waals surface area contributed by atoms with Gasteiger partial charge in [0.2, 0.25) is 0 Å². The van der Waals surface area contributed by atoms with Crippen LogP contribution < -0.4 is 10.6 Å². The molecule has 2 aromatic heterocycles. The summed E-state index contributed by atoms with van der Waals surface area (Å²) in [6.07, 6.45) is 5.37. The van der Waals surface area contributed by atoms with Crippen LogP contribution in [-0.2, 0) is 6.54 Å². The molecule has 0 unspecified atom stereocenters. The Hall–Kier alpha value is -2.62. The largest absolute Gasteiger partial charge is 0.396 e. The summed E-state index contributed by atoms with van der Waals surface area (Å²) in [6, 6.07) is 12.0. The van der Waals surface area contributed by atoms with Gasteiger partial charge in [0.25, 0.3) is 0 Å². The van der Waals surface area contributed by atoms with Gasteiger partial charge in [0.05, 0.1) is 23.1 Å². The lowest BCUT2D eigenvalue weighted by Gasteiger charge is -2.22. The highest BCUT2D eigenvalue weighted by molar-refractivity contribution is 5.97. The third-order valence-corrected chi connectivity index (χ3v) is 3.30. The summed E-state index contributed by atoms with van der Waals surface area (Å²) in [7, 11) is 2.03. The minimum atomic E-state index is 0.690. The van der Waals surface area contributed by atoms with Crippen molar-refractivity contribution in [3.05, 3.63) is 60.6 Å². The molecule has 3 aromatic rings. The predicted octanol–water partition coefficient (Wildman–Crippen LogP) is 2.85. The number of nitrogens with two attached hydrogens (primary N) is 1. The molecule has 3 rings (SSSR count). The van der Waals surface area contributed by atoms with Crippen molar-refractivity contribution in [2.24, 2.45) is 0 Å². The van der Waals surface area contributed by atoms with Gasteiger partial charge in [-0.25, -0.2) is 0 Å². The van der Waals surface area contributed by atoms with Crippen LogP contribution in [0.1, 0.15) is 5.56 Å². The Kier molecular flexibility index (Phi) is 3.21. The summed E-state index contributed by atoms with van der Waals surface area (Å²) in [5, 5.41) is 1.07. The fourth-order valence-electron chi connectivity index (χ4n) is 2.41. The van der Waals surface area contributed by atoms with Gasteiger partial charge in [-0.2, -0.15) is 0 Å². The van der Waals surface area contributed by atoms with Crippen LogP contribution in [0.15, 0.2) is 55.0 Å². The fourth-order valence-corrected chi connectivity index (χ4v) is 2.41. The lowest BCUT2D eigenvalue weighted by atomic mass is 10.1. The number of nitrogens with zero attached hydrogens (tertiary/aromatic N) is 3. The monoisotopic (exact) mass is 264 g/mol. The fraction of sp³-hybridized carbons (Fsp3) is 0.125. The van der Waals surface area contributed by atoms with Crippen LogP contribution in [0.4, 0.5) is 11.4 Å². The molecule has 0 saturated heterocycles. The number of benzene rings is 1. The van der Waals surface area contributed by atoms with Crippen molar-refractivity contribution < 1.29 is 0 Å². The predicted molar refractivity (Wildman–Crippen MR) is 82.5 cm³/mol. The molecule has 0 radical (unpaired) electrons. The smallest absolute Gasteiger partial charge is 0.0745 e. The number of fused-ring (bicyclic) bond motifs is 1. The van der Waals surface area contributed by atoms with Crippen LogP contribution in [-0.4, -0.2) is 17.0 Å². The van der Waals surface area contributed by atoms with Crippen molar-refractivity contribution in [3.63, 3.8) is 0 Å². The first kappa shape index (κ1) is 12.4. The standard InChI is InChI=1S/C16H16N4/c1-20(11-12-5-4-8-18-9-12)16-13-6-2-3-7-15(13)19-10-14(16)17/h2-10H,11,17H2,1H3. The van der Waals surface area contributed by atoms with Crippen LogP contribution in [0, 0.1) is 0 Å². The van der Waals surface area contributed by atoms with Crippen LogP contribution >= 0.6 is 0 Å². The maximum absolute atomic E-state index is 6.12. The molecule has 4 heteroatoms. The minimum Gasteiger partial charge on any atom is -0.396 e. The normalized spacial score (nSPS) is 10.7. The Labute approximate surface area is 117 Å². The first-order valence-electron chi connectivity index (χ1n) is 6.49. The molecule has 4 nitrogen and oxygen atoms in total. The number of para-hydroxylation sites is 1. The molecule has 0 atom stereocenters. The molecule has 2 heterocycles. The molecule has 100 valence electrons. The summed E-state index contributed by atoms with van der Waals surface area (Å²) in [4.78, 5) is 10.6. The van der Waals surface area contributed by atoms with Crippen molar-refractivity contribution in [1.82, 2.24) is 9.97 Å². The molecule has 2 N–H and O–H groups in total. The van der Waals surface area contributed by atoms with Crippen LogP contribution in [0.25, 0.3) is 10.9 Å². The summed E-state index contributed by atoms with van der Waals surface area (Å²) in [6.45, 7) is 0.756. The first-order valence-corrected chi connectivity index (χ1v) is 6.49. The Bertz CT molecular complexity index is 725. The van der Waals surface area contributed by atoms with Gasteiger partial charge in [0.1, 0.15) is 0 Å². The van der Waals surface area contributed by atoms with Crippen molar-refractivity contribution in [2.45, 2.75) is 6.54 Å². The van der Waals surface area contributed by atoms with Gasteiger partial charge in [-0.3, -0.25) is 9.97 Å². The van der Waals surface area contributed by atoms with Gasteiger partial charge in [-0.1, -0.05) is 24.3 Å². The molecular weight excluding hydrogens is 248 g/mol. The number of rotatable bonds is 3. The Morgan fingerprint density at radius 1 is 1.10 bits per heavy atom. The lowest BCUT2D eigenvalue weighted by molar-refractivity contribution is 0.920. The second kappa shape index (κ2) is 5.17. The van der Waals surface area contributed by atoms with Gasteiger partial charge in [0.15, 0.2) is 0 Å². The zero-order chi connectivity index (χ0) is 13.9. The number of aromatic nitrogens is 2. The average Bonchev–Trinajstić information content (AvgIpc) is 2.48. The summed E-state index contributed by atoms with van der Waals surface area (Å²) < 4.78 is 0. The molecule has 0 bridgehead atoms. The number of hydrogen-bond donors (Lipinski definition) is 1. The molecule has 0 amide bonds. The van der Waals surface area contributed by atoms with E-state index in [1.807, 2.05) is 43.6 Å². The van der Waals surface area contributed by atoms with Gasteiger partial charge in [-0.05, 0) is 17.7 Å². The molecule has 0 fully saturated rings. The molecular formula is C16H16N4. The zero-order valence-corrected chi connectivity index (χ0v) is 11.3. The third kappa shape index (κ3) is 2.28. The number of nitrogen functional groups attached to an aromatic ring is 1. The number of hydrogen-bond acceptors (Lipinski definition) is 4. The Balaban J connectivity index is 2.03. The Morgan fingerprint density at radius 2 is 1.95 bits per heavy atom. The first-order chi connectivity index (χ1) is 9.75. The van der Waals surface area contributed by atoms with Crippen LogP contribution in [0.5, 0.6) is 0 Å². The summed E-state index contributed by atoms with van der Waals surface area (Å²) in [5.74, 6) is 0. The summed E-state index contributed by atoms with van der Waals surface area (Å²) >= 11 is 0. The van der Waals surface area contributed by atoms with E-state index >= 15 is 0 Å². The van der Waals surface area contributed by atoms with E-state index in [2.05, 4.69) is 20.9 Å². The number of pyridine rings is 2. The molecule has 1 aromatic carbocycles. The van der Waals surface area contributed by atoms with E-state index in [1.165, 1.54) is 0 Å². The second-order valence-corrected chi connectivity index (χ2v) is 4.80. The van der Waals surface area contributed by atoms with E-state index in [0.29, 0.717) is 5.69 Å². The molecule has 0 aliphatic carbocycles. The number of anilines is 2. The van der Waals surface area contributed by atoms with Gasteiger partial charge in [-0.15, -0.1) is 0 Å². The van der Waals surface area contributed by atoms with E-state index in [1.54, 1.807) is 12.4 Å². The van der Waals surface area contributed by atoms with Crippen LogP contribution in [0.2, 0.25) is 0 Å². The van der Waals surface area contributed by atoms with E-state index in [0.717, 1.165) is 28.7 Å². The van der Waals surface area contributed by atoms with E-state index in [9.17, 15) is 0 Å². The maximum Gasteiger partial charge on any atom is 0.0745 e. The lowest BCUT2D eigenvalue weighted by Crippen LogP contribution is -2.18. The SMILES string of the molecule is CN(Cc1cccnc1)c1c(N)cnc2ccccc12. The van der Waals surface area contributed by atoms with Gasteiger partial charge in [0, 0.05) is 31.4 Å². The van der Waals surface area contributed by atoms with E-state index in [-0.39, 0.29) is 0 Å². The highest BCUT2D eigenvalue weighted by Gasteiger charge is 2.11. The second-order valence-electron chi connectivity index (χ2n) is 4.80. The molecule has 0 spiro atoms. The zero-order valence-electron chi connectivity index (χ0n) is 11.3. The van der Waals surface area contributed by atoms with Gasteiger partial charge >= 0.3 is 0 Å². The van der Waals surface area contributed by atoms with Gasteiger partial charge < -0.3 is 10.6 Å². The topological polar surface area (TPSA) is 55.0 Å². The van der Waals surface area contributed by atoms with E-state index in [4.69, 9.17) is 5.73 Å². The average molecular weight is 264 g/mol. The quantitative estimate of drug-likeness (QED) is 0.790. The Morgan fingerprint density at radius 3 is 2.75 bits per heavy atom. The highest BCUT2D eigenvalue weighted by Crippen LogP contribution is 2.31. The van der Waals surface area contributed by atoms with Crippen molar-refractivity contribution in [2.75, 3.05) is 17.7 Å². The molecule has 0 aliphatic heterocycles. The molecule has 0 aliphatic rings. The van der Waals surface area contributed by atoms with E-state index < -0.39 is 0 Å². The summed E-state index contributed by atoms with van der Waals surface area (Å²) in [5.41, 5.74) is 9.93. The van der Waals surface area contributed by atoms with Crippen molar-refractivity contribution in [3.8, 4) is 0 Å². The highest BCUT2D eigenvalue weighted by atomic mass is 15.1. The maximum atomic E-state index is 6.12. The molecule has 20 heavy (non-hydrogen) atoms. The van der Waals surface area contributed by atoms with Crippen molar-refractivity contribution in [1.29, 1.82) is 0 Å². The third-order valence-electron chi connectivity index (χ3n) is 3.30. The van der Waals surface area contributed by atoms with Crippen LogP contribution in [0.3, 0.4) is 0 Å². The molecule has 0 saturated carbocycles. The van der Waals surface area contributed by atoms with Crippen molar-refractivity contribution >= 4 is 22.3 Å².